The minimum atomic E-state index is -0.554. The van der Waals surface area contributed by atoms with Crippen LogP contribution in [-0.4, -0.2) is 33.2 Å². The van der Waals surface area contributed by atoms with Crippen molar-refractivity contribution in [3.8, 4) is 11.5 Å². The Balaban J connectivity index is 2.20. The van der Waals surface area contributed by atoms with Gasteiger partial charge in [-0.05, 0) is 46.2 Å². The van der Waals surface area contributed by atoms with E-state index in [1.54, 1.807) is 42.7 Å². The SMILES string of the molecule is COC(=O)C[C@@H](NC(=O)/C=C\c1ccsc1)c1ccc(OC)c(OC)c1. The Morgan fingerprint density at radius 1 is 1.15 bits per heavy atom. The van der Waals surface area contributed by atoms with E-state index in [0.29, 0.717) is 17.1 Å². The summed E-state index contributed by atoms with van der Waals surface area (Å²) < 4.78 is 15.3. The first-order valence-electron chi connectivity index (χ1n) is 7.87. The van der Waals surface area contributed by atoms with Crippen molar-refractivity contribution in [1.82, 2.24) is 5.32 Å². The first-order valence-corrected chi connectivity index (χ1v) is 8.81. The molecule has 6 nitrogen and oxygen atoms in total. The second kappa shape index (κ2) is 9.62. The number of rotatable bonds is 8. The number of methoxy groups -OCH3 is 3. The molecule has 0 aliphatic carbocycles. The number of hydrogen-bond donors (Lipinski definition) is 1. The van der Waals surface area contributed by atoms with Gasteiger partial charge in [-0.25, -0.2) is 0 Å². The number of nitrogens with one attached hydrogen (secondary N) is 1. The third kappa shape index (κ3) is 5.35. The van der Waals surface area contributed by atoms with E-state index < -0.39 is 12.0 Å². The molecule has 0 unspecified atom stereocenters. The van der Waals surface area contributed by atoms with Gasteiger partial charge >= 0.3 is 5.97 Å². The van der Waals surface area contributed by atoms with E-state index in [-0.39, 0.29) is 12.3 Å². The van der Waals surface area contributed by atoms with Crippen LogP contribution in [-0.2, 0) is 14.3 Å². The second-order valence-electron chi connectivity index (χ2n) is 5.35. The molecule has 0 bridgehead atoms. The molecule has 26 heavy (non-hydrogen) atoms. The fourth-order valence-corrected chi connectivity index (χ4v) is 2.96. The molecular weight excluding hydrogens is 354 g/mol. The Kier molecular flexibility index (Phi) is 7.23. The van der Waals surface area contributed by atoms with E-state index in [1.807, 2.05) is 16.8 Å². The number of thiophene rings is 1. The van der Waals surface area contributed by atoms with Crippen molar-refractivity contribution in [3.05, 3.63) is 52.2 Å². The Hall–Kier alpha value is -2.80. The van der Waals surface area contributed by atoms with Crippen molar-refractivity contribution in [2.24, 2.45) is 0 Å². The number of carbonyl (C=O) groups excluding carboxylic acids is 2. The fourth-order valence-electron chi connectivity index (χ4n) is 2.33. The summed E-state index contributed by atoms with van der Waals surface area (Å²) in [5, 5.41) is 6.70. The van der Waals surface area contributed by atoms with Gasteiger partial charge in [-0.3, -0.25) is 9.59 Å². The molecule has 1 atom stereocenters. The first-order chi connectivity index (χ1) is 12.6. The highest BCUT2D eigenvalue weighted by Gasteiger charge is 2.20. The van der Waals surface area contributed by atoms with Gasteiger partial charge in [0.15, 0.2) is 11.5 Å². The minimum absolute atomic E-state index is 0.00398. The van der Waals surface area contributed by atoms with Gasteiger partial charge in [0.25, 0.3) is 0 Å². The monoisotopic (exact) mass is 375 g/mol. The molecule has 7 heteroatoms. The predicted molar refractivity (Wildman–Crippen MR) is 100 cm³/mol. The highest BCUT2D eigenvalue weighted by molar-refractivity contribution is 7.08. The van der Waals surface area contributed by atoms with Gasteiger partial charge < -0.3 is 19.5 Å². The Labute approximate surface area is 156 Å². The lowest BCUT2D eigenvalue weighted by molar-refractivity contribution is -0.141. The zero-order valence-electron chi connectivity index (χ0n) is 14.9. The Morgan fingerprint density at radius 2 is 1.92 bits per heavy atom. The summed E-state index contributed by atoms with van der Waals surface area (Å²) in [7, 11) is 4.38. The summed E-state index contributed by atoms with van der Waals surface area (Å²) in [6.07, 6.45) is 3.16. The highest BCUT2D eigenvalue weighted by Crippen LogP contribution is 2.31. The van der Waals surface area contributed by atoms with Crippen LogP contribution in [0.2, 0.25) is 0 Å². The van der Waals surface area contributed by atoms with Gasteiger partial charge in [0.1, 0.15) is 0 Å². The molecule has 0 saturated carbocycles. The van der Waals surface area contributed by atoms with Gasteiger partial charge in [-0.1, -0.05) is 6.07 Å². The summed E-state index contributed by atoms with van der Waals surface area (Å²) in [6, 6.07) is 6.59. The Bertz CT molecular complexity index is 770. The van der Waals surface area contributed by atoms with Crippen molar-refractivity contribution >= 4 is 29.3 Å². The van der Waals surface area contributed by atoms with E-state index in [9.17, 15) is 9.59 Å². The zero-order valence-corrected chi connectivity index (χ0v) is 15.7. The lowest BCUT2D eigenvalue weighted by Gasteiger charge is -2.19. The largest absolute Gasteiger partial charge is 0.493 e. The summed E-state index contributed by atoms with van der Waals surface area (Å²) in [5.41, 5.74) is 1.66. The summed E-state index contributed by atoms with van der Waals surface area (Å²) in [6.45, 7) is 0. The van der Waals surface area contributed by atoms with Crippen LogP contribution in [0, 0.1) is 0 Å². The van der Waals surface area contributed by atoms with Crippen LogP contribution in [0.25, 0.3) is 6.08 Å². The number of esters is 1. The fraction of sp³-hybridized carbons (Fsp3) is 0.263. The lowest BCUT2D eigenvalue weighted by atomic mass is 10.0. The first kappa shape index (κ1) is 19.5. The topological polar surface area (TPSA) is 73.9 Å². The molecule has 2 aromatic rings. The van der Waals surface area contributed by atoms with Crippen LogP contribution in [0.3, 0.4) is 0 Å². The summed E-state index contributed by atoms with van der Waals surface area (Å²) in [5.74, 6) is 0.353. The van der Waals surface area contributed by atoms with Gasteiger partial charge in [-0.15, -0.1) is 0 Å². The Morgan fingerprint density at radius 3 is 2.54 bits per heavy atom. The molecule has 1 heterocycles. The van der Waals surface area contributed by atoms with Gasteiger partial charge in [0, 0.05) is 6.08 Å². The van der Waals surface area contributed by atoms with Crippen LogP contribution < -0.4 is 14.8 Å². The summed E-state index contributed by atoms with van der Waals surface area (Å²) >= 11 is 1.55. The molecule has 0 radical (unpaired) electrons. The average Bonchev–Trinajstić information content (AvgIpc) is 3.18. The van der Waals surface area contributed by atoms with E-state index in [2.05, 4.69) is 5.32 Å². The van der Waals surface area contributed by atoms with Gasteiger partial charge in [0.05, 0.1) is 33.8 Å². The van der Waals surface area contributed by atoms with Crippen molar-refractivity contribution in [3.63, 3.8) is 0 Å². The van der Waals surface area contributed by atoms with Crippen molar-refractivity contribution in [2.75, 3.05) is 21.3 Å². The van der Waals surface area contributed by atoms with Gasteiger partial charge in [-0.2, -0.15) is 11.3 Å². The average molecular weight is 375 g/mol. The van der Waals surface area contributed by atoms with E-state index in [4.69, 9.17) is 14.2 Å². The second-order valence-corrected chi connectivity index (χ2v) is 6.13. The van der Waals surface area contributed by atoms with E-state index >= 15 is 0 Å². The number of benzene rings is 1. The third-order valence-electron chi connectivity index (χ3n) is 3.70. The van der Waals surface area contributed by atoms with Gasteiger partial charge in [0.2, 0.25) is 5.91 Å². The molecule has 0 fully saturated rings. The third-order valence-corrected chi connectivity index (χ3v) is 4.40. The maximum absolute atomic E-state index is 12.3. The quantitative estimate of drug-likeness (QED) is 0.567. The molecule has 1 N–H and O–H groups in total. The number of carbonyl (C=O) groups is 2. The van der Waals surface area contributed by atoms with Crippen LogP contribution in [0.15, 0.2) is 41.1 Å². The van der Waals surface area contributed by atoms with Crippen molar-refractivity contribution in [1.29, 1.82) is 0 Å². The predicted octanol–water partition coefficient (Wildman–Crippen LogP) is 3.20. The van der Waals surface area contributed by atoms with E-state index in [0.717, 1.165) is 5.56 Å². The molecule has 1 aromatic carbocycles. The normalized spacial score (nSPS) is 11.8. The maximum atomic E-state index is 12.3. The highest BCUT2D eigenvalue weighted by atomic mass is 32.1. The molecular formula is C19H21NO5S. The smallest absolute Gasteiger partial charge is 0.307 e. The molecule has 0 spiro atoms. The molecule has 0 aliphatic rings. The van der Waals surface area contributed by atoms with Crippen LogP contribution in [0.4, 0.5) is 0 Å². The van der Waals surface area contributed by atoms with Crippen LogP contribution >= 0.6 is 11.3 Å². The molecule has 0 aliphatic heterocycles. The van der Waals surface area contributed by atoms with Crippen molar-refractivity contribution < 1.29 is 23.8 Å². The number of hydrogen-bond acceptors (Lipinski definition) is 6. The molecule has 0 saturated heterocycles. The molecule has 1 aromatic heterocycles. The molecule has 2 rings (SSSR count). The maximum Gasteiger partial charge on any atom is 0.307 e. The minimum Gasteiger partial charge on any atom is -0.493 e. The standard InChI is InChI=1S/C19H21NO5S/c1-23-16-6-5-14(10-17(16)24-2)15(11-19(22)25-3)20-18(21)7-4-13-8-9-26-12-13/h4-10,12,15H,11H2,1-3H3,(H,20,21)/b7-4-/t15-/m1/s1. The zero-order chi connectivity index (χ0) is 18.9. The number of ether oxygens (including phenoxy) is 3. The number of amides is 1. The van der Waals surface area contributed by atoms with Crippen LogP contribution in [0.1, 0.15) is 23.6 Å². The van der Waals surface area contributed by atoms with Crippen LogP contribution in [0.5, 0.6) is 11.5 Å². The summed E-state index contributed by atoms with van der Waals surface area (Å²) in [4.78, 5) is 24.0. The molecule has 138 valence electrons. The van der Waals surface area contributed by atoms with E-state index in [1.165, 1.54) is 20.3 Å². The lowest BCUT2D eigenvalue weighted by Crippen LogP contribution is -2.29. The molecule has 1 amide bonds. The van der Waals surface area contributed by atoms with Crippen molar-refractivity contribution in [2.45, 2.75) is 12.5 Å².